The van der Waals surface area contributed by atoms with Crippen LogP contribution in [-0.2, 0) is 16.5 Å². The average Bonchev–Trinajstić information content (AvgIpc) is 2.65. The maximum atomic E-state index is 11.1. The SMILES string of the molecule is CCOc1cc2c(cc1C(O)S(=O)(=O)O)OC(C)C2. The van der Waals surface area contributed by atoms with Crippen LogP contribution >= 0.6 is 0 Å². The van der Waals surface area contributed by atoms with Gasteiger partial charge in [0, 0.05) is 17.5 Å². The van der Waals surface area contributed by atoms with Crippen LogP contribution in [0.15, 0.2) is 12.1 Å². The van der Waals surface area contributed by atoms with E-state index in [-0.39, 0.29) is 17.4 Å². The standard InChI is InChI=1S/C12H16O6S/c1-3-17-11-5-8-4-7(2)18-10(8)6-9(11)12(13)19(14,15)16/h5-7,12-13H,3-4H2,1-2H3,(H,14,15,16). The molecule has 1 aliphatic rings. The van der Waals surface area contributed by atoms with Gasteiger partial charge in [-0.25, -0.2) is 0 Å². The fraction of sp³-hybridized carbons (Fsp3) is 0.500. The van der Waals surface area contributed by atoms with Crippen LogP contribution in [0.25, 0.3) is 0 Å². The number of ether oxygens (including phenoxy) is 2. The number of hydrogen-bond donors (Lipinski definition) is 2. The summed E-state index contributed by atoms with van der Waals surface area (Å²) in [5.74, 6) is 0.748. The Kier molecular flexibility index (Phi) is 3.71. The van der Waals surface area contributed by atoms with Gasteiger partial charge >= 0.3 is 0 Å². The maximum absolute atomic E-state index is 11.1. The van der Waals surface area contributed by atoms with E-state index in [4.69, 9.17) is 14.0 Å². The van der Waals surface area contributed by atoms with Gasteiger partial charge in [0.1, 0.15) is 17.6 Å². The van der Waals surface area contributed by atoms with Crippen LogP contribution in [-0.4, -0.2) is 30.8 Å². The zero-order valence-electron chi connectivity index (χ0n) is 10.7. The average molecular weight is 288 g/mol. The van der Waals surface area contributed by atoms with Crippen LogP contribution < -0.4 is 9.47 Å². The molecule has 0 radical (unpaired) electrons. The van der Waals surface area contributed by atoms with Gasteiger partial charge in [-0.05, 0) is 26.0 Å². The van der Waals surface area contributed by atoms with Crippen molar-refractivity contribution in [2.24, 2.45) is 0 Å². The first-order chi connectivity index (χ1) is 8.82. The topological polar surface area (TPSA) is 93.1 Å². The van der Waals surface area contributed by atoms with Gasteiger partial charge in [0.2, 0.25) is 5.44 Å². The molecule has 0 bridgehead atoms. The first-order valence-corrected chi connectivity index (χ1v) is 7.44. The highest BCUT2D eigenvalue weighted by Gasteiger charge is 2.29. The number of aliphatic hydroxyl groups is 1. The summed E-state index contributed by atoms with van der Waals surface area (Å²) in [5, 5.41) is 9.69. The summed E-state index contributed by atoms with van der Waals surface area (Å²) in [4.78, 5) is 0. The fourth-order valence-corrected chi connectivity index (χ4v) is 2.59. The maximum Gasteiger partial charge on any atom is 0.296 e. The summed E-state index contributed by atoms with van der Waals surface area (Å²) in [5.41, 5.74) is -1.17. The van der Waals surface area contributed by atoms with E-state index in [0.717, 1.165) is 5.56 Å². The monoisotopic (exact) mass is 288 g/mol. The van der Waals surface area contributed by atoms with Crippen LogP contribution in [0, 0.1) is 0 Å². The van der Waals surface area contributed by atoms with Gasteiger partial charge in [0.15, 0.2) is 0 Å². The lowest BCUT2D eigenvalue weighted by Gasteiger charge is -2.15. The van der Waals surface area contributed by atoms with Crippen molar-refractivity contribution >= 4 is 10.1 Å². The van der Waals surface area contributed by atoms with Gasteiger partial charge in [-0.3, -0.25) is 4.55 Å². The van der Waals surface area contributed by atoms with Gasteiger partial charge in [-0.15, -0.1) is 0 Å². The molecule has 1 aromatic carbocycles. The molecule has 6 nitrogen and oxygen atoms in total. The number of benzene rings is 1. The van der Waals surface area contributed by atoms with Crippen LogP contribution in [0.5, 0.6) is 11.5 Å². The van der Waals surface area contributed by atoms with E-state index in [1.165, 1.54) is 6.07 Å². The normalized spacial score (nSPS) is 19.7. The molecule has 0 aliphatic carbocycles. The molecule has 0 saturated carbocycles. The fourth-order valence-electron chi connectivity index (χ4n) is 2.09. The minimum absolute atomic E-state index is 0.0115. The van der Waals surface area contributed by atoms with E-state index >= 15 is 0 Å². The first-order valence-electron chi connectivity index (χ1n) is 5.93. The van der Waals surface area contributed by atoms with Gasteiger partial charge in [-0.2, -0.15) is 8.42 Å². The van der Waals surface area contributed by atoms with Crippen LogP contribution in [0.2, 0.25) is 0 Å². The minimum Gasteiger partial charge on any atom is -0.493 e. The van der Waals surface area contributed by atoms with Crippen LogP contribution in [0.3, 0.4) is 0 Å². The van der Waals surface area contributed by atoms with Crippen LogP contribution in [0.1, 0.15) is 30.4 Å². The molecule has 19 heavy (non-hydrogen) atoms. The van der Waals surface area contributed by atoms with Crippen LogP contribution in [0.4, 0.5) is 0 Å². The highest BCUT2D eigenvalue weighted by Crippen LogP contribution is 2.38. The molecule has 1 aliphatic heterocycles. The summed E-state index contributed by atoms with van der Waals surface area (Å²) in [6.07, 6.45) is 0.681. The summed E-state index contributed by atoms with van der Waals surface area (Å²) in [6, 6.07) is 3.05. The number of rotatable bonds is 4. The second-order valence-electron chi connectivity index (χ2n) is 4.43. The molecule has 0 amide bonds. The van der Waals surface area contributed by atoms with Crippen molar-refractivity contribution in [1.82, 2.24) is 0 Å². The van der Waals surface area contributed by atoms with Gasteiger partial charge < -0.3 is 14.6 Å². The van der Waals surface area contributed by atoms with Crippen molar-refractivity contribution in [1.29, 1.82) is 0 Å². The summed E-state index contributed by atoms with van der Waals surface area (Å²) in [7, 11) is -4.61. The molecular weight excluding hydrogens is 272 g/mol. The molecule has 0 fully saturated rings. The lowest BCUT2D eigenvalue weighted by Crippen LogP contribution is -2.13. The molecule has 2 N–H and O–H groups in total. The third-order valence-electron chi connectivity index (χ3n) is 2.88. The smallest absolute Gasteiger partial charge is 0.296 e. The summed E-state index contributed by atoms with van der Waals surface area (Å²) < 4.78 is 41.9. The Morgan fingerprint density at radius 3 is 2.79 bits per heavy atom. The third kappa shape index (κ3) is 2.83. The largest absolute Gasteiger partial charge is 0.493 e. The number of fused-ring (bicyclic) bond motifs is 1. The second-order valence-corrected chi connectivity index (χ2v) is 5.91. The van der Waals surface area contributed by atoms with Crippen molar-refractivity contribution in [2.75, 3.05) is 6.61 Å². The second kappa shape index (κ2) is 4.99. The predicted molar refractivity (Wildman–Crippen MR) is 67.9 cm³/mol. The van der Waals surface area contributed by atoms with Crippen molar-refractivity contribution in [3.8, 4) is 11.5 Å². The zero-order valence-corrected chi connectivity index (χ0v) is 11.5. The van der Waals surface area contributed by atoms with Gasteiger partial charge in [-0.1, -0.05) is 0 Å². The van der Waals surface area contributed by atoms with Crippen molar-refractivity contribution in [3.05, 3.63) is 23.3 Å². The summed E-state index contributed by atoms with van der Waals surface area (Å²) in [6.45, 7) is 3.95. The van der Waals surface area contributed by atoms with Crippen molar-refractivity contribution < 1.29 is 27.6 Å². The highest BCUT2D eigenvalue weighted by atomic mass is 32.2. The Morgan fingerprint density at radius 2 is 2.21 bits per heavy atom. The molecule has 2 unspecified atom stereocenters. The predicted octanol–water partition coefficient (Wildman–Crippen LogP) is 1.29. The molecule has 0 saturated heterocycles. The molecule has 7 heteroatoms. The molecule has 2 rings (SSSR count). The Morgan fingerprint density at radius 1 is 1.53 bits per heavy atom. The van der Waals surface area contributed by atoms with Gasteiger partial charge in [0.05, 0.1) is 6.61 Å². The van der Waals surface area contributed by atoms with Crippen molar-refractivity contribution in [2.45, 2.75) is 31.8 Å². The van der Waals surface area contributed by atoms with Gasteiger partial charge in [0.25, 0.3) is 10.1 Å². The molecular formula is C12H16O6S. The molecule has 2 atom stereocenters. The molecule has 1 aromatic rings. The Hall–Kier alpha value is -1.31. The lowest BCUT2D eigenvalue weighted by atomic mass is 10.1. The van der Waals surface area contributed by atoms with E-state index in [2.05, 4.69) is 0 Å². The van der Waals surface area contributed by atoms with E-state index in [1.54, 1.807) is 13.0 Å². The van der Waals surface area contributed by atoms with E-state index in [9.17, 15) is 13.5 Å². The molecule has 0 aromatic heterocycles. The Labute approximate surface area is 111 Å². The van der Waals surface area contributed by atoms with E-state index in [0.29, 0.717) is 18.8 Å². The minimum atomic E-state index is -4.61. The Bertz CT molecular complexity index is 580. The quantitative estimate of drug-likeness (QED) is 0.811. The van der Waals surface area contributed by atoms with E-state index < -0.39 is 15.6 Å². The highest BCUT2D eigenvalue weighted by molar-refractivity contribution is 7.85. The number of aliphatic hydroxyl groups excluding tert-OH is 1. The van der Waals surface area contributed by atoms with E-state index in [1.807, 2.05) is 6.92 Å². The molecule has 1 heterocycles. The number of hydrogen-bond acceptors (Lipinski definition) is 5. The summed E-state index contributed by atoms with van der Waals surface area (Å²) >= 11 is 0. The lowest BCUT2D eigenvalue weighted by molar-refractivity contribution is 0.227. The Balaban J connectivity index is 2.50. The first kappa shape index (κ1) is 14.1. The molecule has 106 valence electrons. The molecule has 0 spiro atoms. The zero-order chi connectivity index (χ0) is 14.2. The third-order valence-corrected chi connectivity index (χ3v) is 3.69. The van der Waals surface area contributed by atoms with Crippen molar-refractivity contribution in [3.63, 3.8) is 0 Å².